The van der Waals surface area contributed by atoms with Gasteiger partial charge in [-0.25, -0.2) is 9.13 Å². The van der Waals surface area contributed by atoms with E-state index in [4.69, 9.17) is 37.0 Å². The molecule has 0 aromatic rings. The van der Waals surface area contributed by atoms with Crippen LogP contribution in [-0.4, -0.2) is 96.7 Å². The SMILES string of the molecule is CCC(C)CCCCCCCCCCCCCCCCC(=O)OC[C@H](COP(=O)(O)OC[C@@H](O)COP(=O)(O)OC[C@@H](COC(=O)CCCCCCCCC(C)C)OC(=O)CCCCCCCCCCCCC(C)CC)OC(=O)CCCCCCCCCCCCCCCCC(C)C. The van der Waals surface area contributed by atoms with Crippen LogP contribution >= 0.6 is 15.6 Å². The highest BCUT2D eigenvalue weighted by Crippen LogP contribution is 2.45. The Hall–Kier alpha value is -1.94. The molecule has 4 unspecified atom stereocenters. The molecule has 0 aliphatic rings. The van der Waals surface area contributed by atoms with Gasteiger partial charge in [-0.15, -0.1) is 0 Å². The maximum Gasteiger partial charge on any atom is 0.472 e. The monoisotopic (exact) mass is 1440 g/mol. The zero-order chi connectivity index (χ0) is 72.4. The van der Waals surface area contributed by atoms with E-state index in [1.165, 1.54) is 199 Å². The molecule has 0 aromatic heterocycles. The summed E-state index contributed by atoms with van der Waals surface area (Å²) in [5, 5.41) is 10.6. The van der Waals surface area contributed by atoms with E-state index in [1.807, 2.05) is 0 Å². The lowest BCUT2D eigenvalue weighted by atomic mass is 9.99. The lowest BCUT2D eigenvalue weighted by molar-refractivity contribution is -0.161. The van der Waals surface area contributed by atoms with Gasteiger partial charge < -0.3 is 33.8 Å². The van der Waals surface area contributed by atoms with Crippen molar-refractivity contribution in [2.75, 3.05) is 39.6 Å². The first-order valence-corrected chi connectivity index (χ1v) is 43.8. The van der Waals surface area contributed by atoms with E-state index in [0.717, 1.165) is 114 Å². The normalized spacial score (nSPS) is 14.6. The van der Waals surface area contributed by atoms with Crippen LogP contribution in [0.25, 0.3) is 0 Å². The number of ether oxygens (including phenoxy) is 4. The van der Waals surface area contributed by atoms with Crippen molar-refractivity contribution in [3.05, 3.63) is 0 Å². The summed E-state index contributed by atoms with van der Waals surface area (Å²) in [6, 6.07) is 0. The summed E-state index contributed by atoms with van der Waals surface area (Å²) in [6.45, 7) is 14.2. The number of hydrogen-bond donors (Lipinski definition) is 3. The topological polar surface area (TPSA) is 237 Å². The second-order valence-corrected chi connectivity index (χ2v) is 32.8. The smallest absolute Gasteiger partial charge is 0.462 e. The van der Waals surface area contributed by atoms with Crippen molar-refractivity contribution in [2.45, 2.75) is 420 Å². The summed E-state index contributed by atoms with van der Waals surface area (Å²) in [4.78, 5) is 72.9. The predicted octanol–water partition coefficient (Wildman–Crippen LogP) is 23.2. The Kier molecular flexibility index (Phi) is 66.8. The largest absolute Gasteiger partial charge is 0.472 e. The van der Waals surface area contributed by atoms with Crippen LogP contribution in [-0.2, 0) is 65.4 Å². The molecule has 0 rings (SSSR count). The minimum Gasteiger partial charge on any atom is -0.462 e. The Morgan fingerprint density at radius 3 is 0.724 bits per heavy atom. The van der Waals surface area contributed by atoms with Crippen molar-refractivity contribution >= 4 is 39.5 Å². The highest BCUT2D eigenvalue weighted by molar-refractivity contribution is 7.47. The van der Waals surface area contributed by atoms with E-state index in [1.54, 1.807) is 0 Å². The molecule has 0 aliphatic carbocycles. The number of hydrogen-bond acceptors (Lipinski definition) is 15. The summed E-state index contributed by atoms with van der Waals surface area (Å²) >= 11 is 0. The van der Waals surface area contributed by atoms with Gasteiger partial charge in [0.05, 0.1) is 26.4 Å². The third kappa shape index (κ3) is 69.8. The summed E-state index contributed by atoms with van der Waals surface area (Å²) in [5.41, 5.74) is 0. The average molecular weight is 1440 g/mol. The van der Waals surface area contributed by atoms with Crippen LogP contribution in [0.1, 0.15) is 402 Å². The van der Waals surface area contributed by atoms with Crippen LogP contribution in [0.5, 0.6) is 0 Å². The molecule has 0 aromatic carbocycles. The van der Waals surface area contributed by atoms with Gasteiger partial charge in [0.25, 0.3) is 0 Å². The van der Waals surface area contributed by atoms with Crippen LogP contribution in [0.4, 0.5) is 0 Å². The molecule has 0 amide bonds. The molecule has 98 heavy (non-hydrogen) atoms. The van der Waals surface area contributed by atoms with Crippen molar-refractivity contribution in [3.63, 3.8) is 0 Å². The second-order valence-electron chi connectivity index (χ2n) is 29.9. The number of phosphoric ester groups is 2. The van der Waals surface area contributed by atoms with Crippen molar-refractivity contribution in [1.29, 1.82) is 0 Å². The lowest BCUT2D eigenvalue weighted by Crippen LogP contribution is -2.30. The van der Waals surface area contributed by atoms with Crippen LogP contribution in [0.2, 0.25) is 0 Å². The van der Waals surface area contributed by atoms with Gasteiger partial charge in [0.1, 0.15) is 19.3 Å². The first kappa shape index (κ1) is 96.1. The number of aliphatic hydroxyl groups is 1. The van der Waals surface area contributed by atoms with Crippen LogP contribution in [0.3, 0.4) is 0 Å². The van der Waals surface area contributed by atoms with Gasteiger partial charge in [-0.2, -0.15) is 0 Å². The number of aliphatic hydroxyl groups excluding tert-OH is 1. The Labute approximate surface area is 600 Å². The molecule has 0 aliphatic heterocycles. The third-order valence-corrected chi connectivity index (χ3v) is 20.9. The molecule has 19 heteroatoms. The highest BCUT2D eigenvalue weighted by Gasteiger charge is 2.30. The first-order chi connectivity index (χ1) is 47.2. The van der Waals surface area contributed by atoms with Crippen LogP contribution in [0, 0.1) is 23.7 Å². The van der Waals surface area contributed by atoms with Crippen molar-refractivity contribution in [2.24, 2.45) is 23.7 Å². The fourth-order valence-electron chi connectivity index (χ4n) is 12.0. The van der Waals surface area contributed by atoms with Gasteiger partial charge in [-0.1, -0.05) is 351 Å². The van der Waals surface area contributed by atoms with Gasteiger partial charge >= 0.3 is 39.5 Å². The molecule has 3 N–H and O–H groups in total. The molecule has 0 heterocycles. The maximum atomic E-state index is 13.1. The van der Waals surface area contributed by atoms with E-state index in [9.17, 15) is 43.2 Å². The van der Waals surface area contributed by atoms with E-state index in [0.29, 0.717) is 31.6 Å². The Balaban J connectivity index is 5.24. The number of carbonyl (C=O) groups is 4. The molecule has 0 saturated heterocycles. The van der Waals surface area contributed by atoms with Gasteiger partial charge in [-0.3, -0.25) is 37.3 Å². The number of carbonyl (C=O) groups excluding carboxylic acids is 4. The van der Waals surface area contributed by atoms with Gasteiger partial charge in [0.2, 0.25) is 0 Å². The molecule has 582 valence electrons. The second kappa shape index (κ2) is 68.2. The van der Waals surface area contributed by atoms with Crippen molar-refractivity contribution < 1.29 is 80.2 Å². The molecule has 17 nitrogen and oxygen atoms in total. The molecule has 0 fully saturated rings. The van der Waals surface area contributed by atoms with Gasteiger partial charge in [0, 0.05) is 25.7 Å². The number of rotatable bonds is 76. The Bertz CT molecular complexity index is 1920. The predicted molar refractivity (Wildman–Crippen MR) is 400 cm³/mol. The third-order valence-electron chi connectivity index (χ3n) is 19.0. The van der Waals surface area contributed by atoms with E-state index in [2.05, 4.69) is 55.4 Å². The molecular weight excluding hydrogens is 1280 g/mol. The van der Waals surface area contributed by atoms with E-state index in [-0.39, 0.29) is 25.7 Å². The number of unbranched alkanes of at least 4 members (excludes halogenated alkanes) is 40. The lowest BCUT2D eigenvalue weighted by Gasteiger charge is -2.21. The van der Waals surface area contributed by atoms with Gasteiger partial charge in [0.15, 0.2) is 12.2 Å². The minimum atomic E-state index is -4.96. The van der Waals surface area contributed by atoms with Crippen LogP contribution in [0.15, 0.2) is 0 Å². The minimum absolute atomic E-state index is 0.105. The molecule has 0 spiro atoms. The molecular formula is C79H154O17P2. The van der Waals surface area contributed by atoms with Crippen molar-refractivity contribution in [3.8, 4) is 0 Å². The number of phosphoric acid groups is 2. The standard InChI is InChI=1S/C79H154O17P2/c1-9-71(7)57-49-41-32-26-20-16-12-14-17-21-28-34-43-51-59-76(81)89-65-74(95-78(83)61-53-45-35-29-22-18-13-11-15-19-25-31-39-47-55-69(3)4)67-93-97(85,86)91-63-73(80)64-92-98(87,88)94-68-75(66-90-77(82)60-52-44-38-37-40-48-56-70(5)6)96-79(84)62-54-46-36-30-24-23-27-33-42-50-58-72(8)10-2/h69-75,80H,9-68H2,1-8H3,(H,85,86)(H,87,88)/t71?,72?,73-,74-,75-/m1/s1. The Morgan fingerprint density at radius 1 is 0.286 bits per heavy atom. The molecule has 0 radical (unpaired) electrons. The Morgan fingerprint density at radius 2 is 0.490 bits per heavy atom. The molecule has 7 atom stereocenters. The molecule has 0 bridgehead atoms. The summed E-state index contributed by atoms with van der Waals surface area (Å²) < 4.78 is 68.6. The summed E-state index contributed by atoms with van der Waals surface area (Å²) in [7, 11) is -9.92. The summed E-state index contributed by atoms with van der Waals surface area (Å²) in [5.74, 6) is 1.01. The fraction of sp³-hybridized carbons (Fsp3) is 0.949. The zero-order valence-electron chi connectivity index (χ0n) is 64.4. The van der Waals surface area contributed by atoms with Crippen molar-refractivity contribution in [1.82, 2.24) is 0 Å². The number of esters is 4. The first-order valence-electron chi connectivity index (χ1n) is 40.8. The highest BCUT2D eigenvalue weighted by atomic mass is 31.2. The average Bonchev–Trinajstić information content (AvgIpc) is 0.987. The zero-order valence-corrected chi connectivity index (χ0v) is 66.2. The van der Waals surface area contributed by atoms with Gasteiger partial charge in [-0.05, 0) is 49.4 Å². The summed E-state index contributed by atoms with van der Waals surface area (Å²) in [6.07, 6.45) is 54.1. The van der Waals surface area contributed by atoms with Crippen LogP contribution < -0.4 is 0 Å². The van der Waals surface area contributed by atoms with E-state index >= 15 is 0 Å². The quantitative estimate of drug-likeness (QED) is 0.0222. The maximum absolute atomic E-state index is 13.1. The fourth-order valence-corrected chi connectivity index (χ4v) is 13.6. The molecule has 0 saturated carbocycles. The van der Waals surface area contributed by atoms with E-state index < -0.39 is 97.5 Å².